The zero-order valence-electron chi connectivity index (χ0n) is 15.6. The third kappa shape index (κ3) is 4.29. The molecule has 1 aliphatic heterocycles. The number of pyridine rings is 1. The van der Waals surface area contributed by atoms with Gasteiger partial charge >= 0.3 is 0 Å². The number of piperidine rings is 1. The minimum Gasteiger partial charge on any atom is -0.490 e. The van der Waals surface area contributed by atoms with Gasteiger partial charge in [-0.1, -0.05) is 12.1 Å². The van der Waals surface area contributed by atoms with Crippen LogP contribution in [0.4, 0.5) is 0 Å². The second-order valence-electron chi connectivity index (χ2n) is 6.90. The molecule has 2 heterocycles. The lowest BCUT2D eigenvalue weighted by atomic mass is 9.98. The zero-order chi connectivity index (χ0) is 18.9. The van der Waals surface area contributed by atoms with Crippen LogP contribution in [0, 0.1) is 0 Å². The molecular weight excluding hydrogens is 396 g/mol. The molecule has 1 N–H and O–H groups in total. The van der Waals surface area contributed by atoms with Crippen LogP contribution < -0.4 is 10.1 Å². The predicted octanol–water partition coefficient (Wildman–Crippen LogP) is 3.86. The minimum absolute atomic E-state index is 0. The molecule has 0 atom stereocenters. The quantitative estimate of drug-likeness (QED) is 0.696. The highest BCUT2D eigenvalue weighted by molar-refractivity contribution is 7.90. The zero-order valence-corrected chi connectivity index (χ0v) is 17.2. The molecule has 0 bridgehead atoms. The molecule has 1 aromatic heterocycles. The van der Waals surface area contributed by atoms with Crippen molar-refractivity contribution in [2.24, 2.45) is 0 Å². The molecule has 28 heavy (non-hydrogen) atoms. The number of sulfone groups is 1. The van der Waals surface area contributed by atoms with Gasteiger partial charge in [-0.05, 0) is 67.2 Å². The lowest BCUT2D eigenvalue weighted by Gasteiger charge is -2.25. The maximum atomic E-state index is 12.0. The van der Waals surface area contributed by atoms with E-state index in [0.717, 1.165) is 53.6 Å². The molecule has 0 unspecified atom stereocenters. The first-order valence-corrected chi connectivity index (χ1v) is 11.0. The molecule has 1 fully saturated rings. The van der Waals surface area contributed by atoms with E-state index in [9.17, 15) is 8.42 Å². The summed E-state index contributed by atoms with van der Waals surface area (Å²) in [5, 5.41) is 5.34. The van der Waals surface area contributed by atoms with Crippen LogP contribution in [0.15, 0.2) is 59.8 Å². The fraction of sp³-hybridized carbons (Fsp3) is 0.286. The first kappa shape index (κ1) is 20.6. The Bertz CT molecular complexity index is 1080. The Morgan fingerprint density at radius 1 is 1.11 bits per heavy atom. The average molecular weight is 419 g/mol. The highest BCUT2D eigenvalue weighted by atomic mass is 35.5. The van der Waals surface area contributed by atoms with Crippen LogP contribution in [-0.4, -0.2) is 38.9 Å². The normalized spacial score (nSPS) is 15.2. The maximum Gasteiger partial charge on any atom is 0.175 e. The van der Waals surface area contributed by atoms with Crippen molar-refractivity contribution in [1.29, 1.82) is 0 Å². The molecule has 3 aromatic rings. The first-order chi connectivity index (χ1) is 13.0. The number of hydrogen-bond donors (Lipinski definition) is 1. The van der Waals surface area contributed by atoms with Gasteiger partial charge in [-0.3, -0.25) is 4.98 Å². The van der Waals surface area contributed by atoms with Crippen LogP contribution in [0.25, 0.3) is 21.9 Å². The molecule has 1 saturated heterocycles. The van der Waals surface area contributed by atoms with E-state index >= 15 is 0 Å². The summed E-state index contributed by atoms with van der Waals surface area (Å²) in [5.74, 6) is 0.784. The Hall–Kier alpha value is -2.15. The smallest absolute Gasteiger partial charge is 0.175 e. The average Bonchev–Trinajstić information content (AvgIpc) is 2.68. The molecule has 148 valence electrons. The topological polar surface area (TPSA) is 68.3 Å². The molecule has 0 aliphatic carbocycles. The molecule has 4 rings (SSSR count). The molecule has 0 spiro atoms. The molecular formula is C21H23ClN2O3S. The largest absolute Gasteiger partial charge is 0.490 e. The van der Waals surface area contributed by atoms with E-state index in [0.29, 0.717) is 4.90 Å². The van der Waals surface area contributed by atoms with E-state index < -0.39 is 9.84 Å². The predicted molar refractivity (Wildman–Crippen MR) is 114 cm³/mol. The van der Waals surface area contributed by atoms with Gasteiger partial charge in [0, 0.05) is 29.6 Å². The molecule has 0 saturated carbocycles. The number of halogens is 1. The Kier molecular flexibility index (Phi) is 6.23. The summed E-state index contributed by atoms with van der Waals surface area (Å²) < 4.78 is 30.4. The van der Waals surface area contributed by atoms with E-state index in [1.54, 1.807) is 24.4 Å². The van der Waals surface area contributed by atoms with Gasteiger partial charge in [-0.15, -0.1) is 12.4 Å². The van der Waals surface area contributed by atoms with E-state index in [4.69, 9.17) is 4.74 Å². The Labute approximate surface area is 171 Å². The van der Waals surface area contributed by atoms with Gasteiger partial charge in [-0.2, -0.15) is 0 Å². The first-order valence-electron chi connectivity index (χ1n) is 9.07. The number of nitrogens with one attached hydrogen (secondary N) is 1. The van der Waals surface area contributed by atoms with Gasteiger partial charge in [0.25, 0.3) is 0 Å². The number of ether oxygens (including phenoxy) is 1. The van der Waals surface area contributed by atoms with Gasteiger partial charge in [0.2, 0.25) is 0 Å². The number of rotatable bonds is 4. The summed E-state index contributed by atoms with van der Waals surface area (Å²) in [6.07, 6.45) is 6.86. The SMILES string of the molecule is CS(=O)(=O)c1cccc(-c2c(OC3CCNCC3)ccc3cnccc23)c1.Cl. The number of nitrogens with zero attached hydrogens (tertiary/aromatic N) is 1. The molecule has 7 heteroatoms. The van der Waals surface area contributed by atoms with Crippen molar-refractivity contribution in [3.63, 3.8) is 0 Å². The standard InChI is InChI=1S/C21H22N2O3S.ClH/c1-27(24,25)18-4-2-3-15(13-18)21-19-9-12-23-14-16(19)5-6-20(21)26-17-7-10-22-11-8-17;/h2-6,9,12-14,17,22H,7-8,10-11H2,1H3;1H. The second kappa shape index (κ2) is 8.47. The molecule has 5 nitrogen and oxygen atoms in total. The maximum absolute atomic E-state index is 12.0. The summed E-state index contributed by atoms with van der Waals surface area (Å²) >= 11 is 0. The number of fused-ring (bicyclic) bond motifs is 1. The molecule has 2 aromatic carbocycles. The monoisotopic (exact) mass is 418 g/mol. The Morgan fingerprint density at radius 3 is 2.64 bits per heavy atom. The van der Waals surface area contributed by atoms with Crippen LogP contribution in [0.3, 0.4) is 0 Å². The third-order valence-electron chi connectivity index (χ3n) is 4.91. The number of aromatic nitrogens is 1. The highest BCUT2D eigenvalue weighted by Gasteiger charge is 2.19. The Balaban J connectivity index is 0.00000225. The van der Waals surface area contributed by atoms with Gasteiger partial charge in [0.05, 0.1) is 4.90 Å². The van der Waals surface area contributed by atoms with Crippen molar-refractivity contribution in [3.05, 3.63) is 54.9 Å². The second-order valence-corrected chi connectivity index (χ2v) is 8.92. The van der Waals surface area contributed by atoms with E-state index in [1.807, 2.05) is 30.5 Å². The Morgan fingerprint density at radius 2 is 1.89 bits per heavy atom. The van der Waals surface area contributed by atoms with Crippen LogP contribution in [0.5, 0.6) is 5.75 Å². The summed E-state index contributed by atoms with van der Waals surface area (Å²) in [6.45, 7) is 1.89. The van der Waals surface area contributed by atoms with Crippen molar-refractivity contribution in [2.75, 3.05) is 19.3 Å². The molecule has 1 aliphatic rings. The van der Waals surface area contributed by atoms with Crippen molar-refractivity contribution in [1.82, 2.24) is 10.3 Å². The van der Waals surface area contributed by atoms with Crippen molar-refractivity contribution in [2.45, 2.75) is 23.8 Å². The lowest BCUT2D eigenvalue weighted by Crippen LogP contribution is -2.34. The van der Waals surface area contributed by atoms with Gasteiger partial charge in [-0.25, -0.2) is 8.42 Å². The van der Waals surface area contributed by atoms with E-state index in [2.05, 4.69) is 10.3 Å². The fourth-order valence-electron chi connectivity index (χ4n) is 3.52. The van der Waals surface area contributed by atoms with E-state index in [1.165, 1.54) is 6.26 Å². The number of benzene rings is 2. The highest BCUT2D eigenvalue weighted by Crippen LogP contribution is 2.38. The van der Waals surface area contributed by atoms with Crippen LogP contribution in [-0.2, 0) is 9.84 Å². The van der Waals surface area contributed by atoms with E-state index in [-0.39, 0.29) is 18.5 Å². The van der Waals surface area contributed by atoms with Crippen molar-refractivity contribution in [3.8, 4) is 16.9 Å². The molecule has 0 amide bonds. The fourth-order valence-corrected chi connectivity index (χ4v) is 4.19. The third-order valence-corrected chi connectivity index (χ3v) is 6.02. The van der Waals surface area contributed by atoms with Crippen molar-refractivity contribution >= 4 is 33.0 Å². The van der Waals surface area contributed by atoms with Crippen molar-refractivity contribution < 1.29 is 13.2 Å². The summed E-state index contributed by atoms with van der Waals surface area (Å²) in [7, 11) is -3.29. The van der Waals surface area contributed by atoms with Gasteiger partial charge in [0.15, 0.2) is 9.84 Å². The van der Waals surface area contributed by atoms with Gasteiger partial charge < -0.3 is 10.1 Å². The van der Waals surface area contributed by atoms with Crippen LogP contribution in [0.2, 0.25) is 0 Å². The minimum atomic E-state index is -3.29. The van der Waals surface area contributed by atoms with Crippen LogP contribution >= 0.6 is 12.4 Å². The summed E-state index contributed by atoms with van der Waals surface area (Å²) in [4.78, 5) is 4.51. The van der Waals surface area contributed by atoms with Crippen LogP contribution in [0.1, 0.15) is 12.8 Å². The van der Waals surface area contributed by atoms with Gasteiger partial charge in [0.1, 0.15) is 11.9 Å². The summed E-state index contributed by atoms with van der Waals surface area (Å²) in [6, 6.07) is 13.0. The molecule has 0 radical (unpaired) electrons. The summed E-state index contributed by atoms with van der Waals surface area (Å²) in [5.41, 5.74) is 1.75. The lowest BCUT2D eigenvalue weighted by molar-refractivity contribution is 0.163. The number of hydrogen-bond acceptors (Lipinski definition) is 5.